The lowest BCUT2D eigenvalue weighted by molar-refractivity contribution is -0.143. The summed E-state index contributed by atoms with van der Waals surface area (Å²) in [6.07, 6.45) is 9.51. The number of terminal acetylenes is 1. The molecule has 2 saturated carbocycles. The Morgan fingerprint density at radius 2 is 1.61 bits per heavy atom. The van der Waals surface area contributed by atoms with Gasteiger partial charge >= 0.3 is 6.03 Å². The minimum atomic E-state index is -3.58. The average molecular weight is 706 g/mol. The molecule has 3 fully saturated rings. The lowest BCUT2D eigenvalue weighted by Crippen LogP contribution is -2.63. The van der Waals surface area contributed by atoms with E-state index in [1.807, 2.05) is 34.6 Å². The van der Waals surface area contributed by atoms with Crippen LogP contribution in [0.25, 0.3) is 0 Å². The summed E-state index contributed by atoms with van der Waals surface area (Å²) in [7, 11) is -3.58. The van der Waals surface area contributed by atoms with Gasteiger partial charge in [0, 0.05) is 24.9 Å². The van der Waals surface area contributed by atoms with E-state index < -0.39 is 72.7 Å². The van der Waals surface area contributed by atoms with E-state index in [1.165, 1.54) is 4.90 Å². The number of urea groups is 1. The largest absolute Gasteiger partial charge is 0.350 e. The minimum absolute atomic E-state index is 0.0286. The maximum Gasteiger partial charge on any atom is 0.316 e. The van der Waals surface area contributed by atoms with Crippen LogP contribution in [0.3, 0.4) is 0 Å². The monoisotopic (exact) mass is 705 g/mol. The lowest BCUT2D eigenvalue weighted by atomic mass is 9.83. The Labute approximate surface area is 293 Å². The first kappa shape index (κ1) is 40.3. The topological polar surface area (TPSA) is 171 Å². The third-order valence-electron chi connectivity index (χ3n) is 11.5. The van der Waals surface area contributed by atoms with Crippen LogP contribution in [0.1, 0.15) is 114 Å². The molecule has 3 unspecified atom stereocenters. The number of hydrogen-bond acceptors (Lipinski definition) is 7. The van der Waals surface area contributed by atoms with Crippen molar-refractivity contribution in [2.45, 2.75) is 142 Å². The number of carbonyl (C=O) groups is 5. The molecule has 3 aliphatic rings. The van der Waals surface area contributed by atoms with Gasteiger partial charge in [-0.1, -0.05) is 53.9 Å². The molecular weight excluding hydrogens is 646 g/mol. The molecule has 0 radical (unpaired) electrons. The molecule has 1 aliphatic heterocycles. The first-order chi connectivity index (χ1) is 22.6. The van der Waals surface area contributed by atoms with Crippen LogP contribution in [0.5, 0.6) is 0 Å². The molecule has 0 aromatic heterocycles. The predicted molar refractivity (Wildman–Crippen MR) is 189 cm³/mol. The van der Waals surface area contributed by atoms with Crippen molar-refractivity contribution in [2.75, 3.05) is 18.8 Å². The molecule has 13 heteroatoms. The number of nitrogens with one attached hydrogen (secondary N) is 4. The van der Waals surface area contributed by atoms with Gasteiger partial charge in [0.05, 0.1) is 22.1 Å². The van der Waals surface area contributed by atoms with Crippen LogP contribution in [0.4, 0.5) is 4.79 Å². The van der Waals surface area contributed by atoms with Crippen molar-refractivity contribution in [3.8, 4) is 12.3 Å². The number of carbonyl (C=O) groups excluding carboxylic acids is 5. The van der Waals surface area contributed by atoms with E-state index in [1.54, 1.807) is 27.7 Å². The molecule has 5 atom stereocenters. The summed E-state index contributed by atoms with van der Waals surface area (Å²) in [4.78, 5) is 69.5. The molecule has 2 aliphatic carbocycles. The van der Waals surface area contributed by atoms with Gasteiger partial charge in [0.2, 0.25) is 17.6 Å². The number of hydrogen-bond donors (Lipinski definition) is 4. The van der Waals surface area contributed by atoms with E-state index in [-0.39, 0.29) is 49.4 Å². The van der Waals surface area contributed by atoms with E-state index in [2.05, 4.69) is 27.2 Å². The fraction of sp³-hybridized carbons (Fsp3) is 0.806. The second kappa shape index (κ2) is 15.0. The highest BCUT2D eigenvalue weighted by Gasteiger charge is 2.75. The number of rotatable bonds is 13. The summed E-state index contributed by atoms with van der Waals surface area (Å²) in [5.74, 6) is -0.538. The van der Waals surface area contributed by atoms with Crippen LogP contribution < -0.4 is 21.3 Å². The van der Waals surface area contributed by atoms with Crippen LogP contribution in [0.15, 0.2) is 0 Å². The van der Waals surface area contributed by atoms with Crippen molar-refractivity contribution >= 4 is 39.4 Å². The zero-order valence-electron chi connectivity index (χ0n) is 31.0. The van der Waals surface area contributed by atoms with E-state index in [4.69, 9.17) is 6.42 Å². The van der Waals surface area contributed by atoms with Crippen LogP contribution in [-0.2, 0) is 29.0 Å². The molecule has 0 aromatic carbocycles. The summed E-state index contributed by atoms with van der Waals surface area (Å²) in [6, 6.07) is -2.71. The van der Waals surface area contributed by atoms with E-state index in [9.17, 15) is 32.4 Å². The first-order valence-corrected chi connectivity index (χ1v) is 19.5. The number of likely N-dealkylation sites (tertiary alicyclic amines) is 1. The standard InChI is InChI=1S/C36H59N5O7S/c1-11-13-17-26(28(42)30(44)37-12-2)38-29(43)27-20-25(23(3)4)21-41(27)31(45)36(24(5)34(36,9)10)40-32(46)39-35(18-15-14-16-19-35)22-49(47,48)33(6,7)8/h1,23-27H,12-22H2,2-10H3,(H,37,44)(H,38,43)(H2,39,40,46)/t24?,25-,26?,27+,36?/m1/s1. The number of Topliss-reactive ketones (excluding diaryl/α,β-unsaturated/α-hetero) is 1. The second-order valence-corrected chi connectivity index (χ2v) is 19.0. The Hall–Kier alpha value is -3.14. The highest BCUT2D eigenvalue weighted by atomic mass is 32.2. The van der Waals surface area contributed by atoms with E-state index in [0.717, 1.165) is 19.3 Å². The molecule has 0 aromatic rings. The fourth-order valence-electron chi connectivity index (χ4n) is 7.59. The molecule has 1 saturated heterocycles. The van der Waals surface area contributed by atoms with Gasteiger partial charge in [-0.15, -0.1) is 12.3 Å². The van der Waals surface area contributed by atoms with Crippen LogP contribution >= 0.6 is 0 Å². The second-order valence-electron chi connectivity index (χ2n) is 16.3. The van der Waals surface area contributed by atoms with Crippen molar-refractivity contribution in [1.82, 2.24) is 26.2 Å². The Morgan fingerprint density at radius 3 is 2.10 bits per heavy atom. The maximum absolute atomic E-state index is 14.7. The Bertz CT molecular complexity index is 1440. The molecule has 49 heavy (non-hydrogen) atoms. The van der Waals surface area contributed by atoms with Gasteiger partial charge < -0.3 is 26.2 Å². The molecular formula is C36H59N5O7S. The van der Waals surface area contributed by atoms with E-state index in [0.29, 0.717) is 19.3 Å². The van der Waals surface area contributed by atoms with Crippen LogP contribution in [0, 0.1) is 35.5 Å². The lowest BCUT2D eigenvalue weighted by Gasteiger charge is -2.40. The number of likely N-dealkylation sites (N-methyl/N-ethyl adjacent to an activating group) is 1. The van der Waals surface area contributed by atoms with Gasteiger partial charge in [-0.3, -0.25) is 19.2 Å². The zero-order chi connectivity index (χ0) is 37.2. The summed E-state index contributed by atoms with van der Waals surface area (Å²) in [5, 5.41) is 11.2. The van der Waals surface area contributed by atoms with Gasteiger partial charge in [-0.2, -0.15) is 0 Å². The molecule has 276 valence electrons. The third kappa shape index (κ3) is 8.26. The smallest absolute Gasteiger partial charge is 0.316 e. The van der Waals surface area contributed by atoms with Crippen LogP contribution in [-0.4, -0.2) is 89.6 Å². The number of amides is 5. The van der Waals surface area contributed by atoms with Crippen LogP contribution in [0.2, 0.25) is 0 Å². The number of ketones is 1. The summed E-state index contributed by atoms with van der Waals surface area (Å²) >= 11 is 0. The SMILES string of the molecule is C#CCCC(NC(=O)[C@@H]1C[C@@H](C(C)C)CN1C(=O)C1(NC(=O)NC2(CS(=O)(=O)C(C)(C)C)CCCCC2)C(C)C1(C)C)C(=O)C(=O)NCC. The first-order valence-electron chi connectivity index (χ1n) is 17.8. The zero-order valence-corrected chi connectivity index (χ0v) is 31.8. The average Bonchev–Trinajstić information content (AvgIpc) is 3.28. The fourth-order valence-corrected chi connectivity index (χ4v) is 9.11. The quantitative estimate of drug-likeness (QED) is 0.169. The highest BCUT2D eigenvalue weighted by molar-refractivity contribution is 7.92. The van der Waals surface area contributed by atoms with Gasteiger partial charge in [0.1, 0.15) is 11.6 Å². The van der Waals surface area contributed by atoms with Crippen molar-refractivity contribution in [2.24, 2.45) is 23.2 Å². The Morgan fingerprint density at radius 1 is 1.02 bits per heavy atom. The summed E-state index contributed by atoms with van der Waals surface area (Å²) in [5.41, 5.74) is -3.01. The Balaban J connectivity index is 1.92. The molecule has 4 N–H and O–H groups in total. The maximum atomic E-state index is 14.7. The molecule has 3 rings (SSSR count). The van der Waals surface area contributed by atoms with Gasteiger partial charge in [0.15, 0.2) is 9.84 Å². The van der Waals surface area contributed by atoms with Crippen molar-refractivity contribution in [3.05, 3.63) is 0 Å². The van der Waals surface area contributed by atoms with Crippen molar-refractivity contribution < 1.29 is 32.4 Å². The number of nitrogens with zero attached hydrogens (tertiary/aromatic N) is 1. The van der Waals surface area contributed by atoms with Gasteiger partial charge in [-0.25, -0.2) is 13.2 Å². The Kier molecular flexibility index (Phi) is 12.3. The molecule has 0 bridgehead atoms. The van der Waals surface area contributed by atoms with Gasteiger partial charge in [-0.05, 0) is 71.1 Å². The van der Waals surface area contributed by atoms with Gasteiger partial charge in [0.25, 0.3) is 5.91 Å². The third-order valence-corrected chi connectivity index (χ3v) is 14.3. The van der Waals surface area contributed by atoms with Crippen molar-refractivity contribution in [3.63, 3.8) is 0 Å². The van der Waals surface area contributed by atoms with E-state index >= 15 is 0 Å². The predicted octanol–water partition coefficient (Wildman–Crippen LogP) is 3.09. The molecule has 12 nitrogen and oxygen atoms in total. The molecule has 0 spiro atoms. The highest BCUT2D eigenvalue weighted by Crippen LogP contribution is 2.62. The molecule has 5 amide bonds. The minimum Gasteiger partial charge on any atom is -0.350 e. The van der Waals surface area contributed by atoms with Crippen molar-refractivity contribution in [1.29, 1.82) is 0 Å². The summed E-state index contributed by atoms with van der Waals surface area (Å²) in [6.45, 7) is 16.9. The molecule has 1 heterocycles. The normalized spacial score (nSPS) is 26.6. The number of sulfone groups is 1. The summed E-state index contributed by atoms with van der Waals surface area (Å²) < 4.78 is 25.7.